The second kappa shape index (κ2) is 7.41. The molecule has 2 N–H and O–H groups in total. The Kier molecular flexibility index (Phi) is 4.35. The number of carbonyl (C=O) groups is 1. The Bertz CT molecular complexity index is 1670. The fraction of sp³-hybridized carbons (Fsp3) is 0.0769. The zero-order valence-electron chi connectivity index (χ0n) is 17.6. The third-order valence-electron chi connectivity index (χ3n) is 5.97. The number of hydrogen-bond acceptors (Lipinski definition) is 8. The quantitative estimate of drug-likeness (QED) is 0.301. The lowest BCUT2D eigenvalue weighted by molar-refractivity contribution is -0.135. The van der Waals surface area contributed by atoms with Gasteiger partial charge in [-0.05, 0) is 42.0 Å². The lowest BCUT2D eigenvalue weighted by Gasteiger charge is -2.26. The van der Waals surface area contributed by atoms with Crippen molar-refractivity contribution in [3.63, 3.8) is 0 Å². The summed E-state index contributed by atoms with van der Waals surface area (Å²) in [5, 5.41) is 20.2. The van der Waals surface area contributed by atoms with E-state index in [1.54, 1.807) is 24.5 Å². The highest BCUT2D eigenvalue weighted by Gasteiger charge is 2.33. The van der Waals surface area contributed by atoms with Crippen molar-refractivity contribution in [1.29, 1.82) is 0 Å². The first-order valence-electron chi connectivity index (χ1n) is 10.5. The van der Waals surface area contributed by atoms with Gasteiger partial charge in [-0.25, -0.2) is 0 Å². The highest BCUT2D eigenvalue weighted by Crippen LogP contribution is 2.46. The lowest BCUT2D eigenvalue weighted by atomic mass is 9.85. The zero-order chi connectivity index (χ0) is 23.4. The normalized spacial score (nSPS) is 15.3. The highest BCUT2D eigenvalue weighted by atomic mass is 16.5. The second-order valence-corrected chi connectivity index (χ2v) is 8.07. The fourth-order valence-electron chi connectivity index (χ4n) is 4.41. The van der Waals surface area contributed by atoms with Crippen molar-refractivity contribution in [2.24, 2.45) is 0 Å². The lowest BCUT2D eigenvalue weighted by Crippen LogP contribution is -2.22. The molecule has 0 bridgehead atoms. The SMILES string of the molecule is O=C1CC(c2ccc3nccnc3c2)c2c(cc(O)c3c(=O)cc(-c4ccc(O)cc4)oc23)O1. The maximum absolute atomic E-state index is 13.0. The van der Waals surface area contributed by atoms with Crippen LogP contribution in [0.15, 0.2) is 76.2 Å². The van der Waals surface area contributed by atoms with Crippen molar-refractivity contribution in [3.05, 3.63) is 88.3 Å². The predicted octanol–water partition coefficient (Wildman–Crippen LogP) is 4.26. The molecule has 1 atom stereocenters. The molecule has 34 heavy (non-hydrogen) atoms. The fourth-order valence-corrected chi connectivity index (χ4v) is 4.41. The van der Waals surface area contributed by atoms with E-state index in [0.29, 0.717) is 22.2 Å². The standard InChI is InChI=1S/C26H16N2O6/c29-15-4-1-13(2-5-15)21-11-19(30)25-20(31)12-22-24(26(25)34-21)16(10-23(32)33-22)14-3-6-17-18(9-14)28-8-7-27-17/h1-9,11-12,16,29,31H,10H2. The molecule has 0 aliphatic carbocycles. The number of esters is 1. The minimum absolute atomic E-state index is 0.00445. The Morgan fingerprint density at radius 1 is 0.882 bits per heavy atom. The van der Waals surface area contributed by atoms with Gasteiger partial charge in [0, 0.05) is 41.6 Å². The number of rotatable bonds is 2. The summed E-state index contributed by atoms with van der Waals surface area (Å²) in [6.45, 7) is 0. The van der Waals surface area contributed by atoms with E-state index < -0.39 is 17.3 Å². The summed E-state index contributed by atoms with van der Waals surface area (Å²) in [7, 11) is 0. The van der Waals surface area contributed by atoms with Gasteiger partial charge in [0.15, 0.2) is 5.43 Å². The van der Waals surface area contributed by atoms with Crippen LogP contribution in [0.5, 0.6) is 17.2 Å². The van der Waals surface area contributed by atoms with Crippen molar-refractivity contribution < 1.29 is 24.2 Å². The average Bonchev–Trinajstić information content (AvgIpc) is 2.83. The van der Waals surface area contributed by atoms with E-state index in [4.69, 9.17) is 9.15 Å². The molecule has 0 saturated carbocycles. The van der Waals surface area contributed by atoms with Gasteiger partial charge in [0.2, 0.25) is 0 Å². The molecule has 1 unspecified atom stereocenters. The molecule has 5 aromatic rings. The maximum atomic E-state index is 13.0. The van der Waals surface area contributed by atoms with E-state index in [-0.39, 0.29) is 40.4 Å². The van der Waals surface area contributed by atoms with Gasteiger partial charge in [-0.15, -0.1) is 0 Å². The van der Waals surface area contributed by atoms with Crippen LogP contribution in [0.1, 0.15) is 23.5 Å². The van der Waals surface area contributed by atoms with E-state index in [9.17, 15) is 19.8 Å². The summed E-state index contributed by atoms with van der Waals surface area (Å²) in [6, 6.07) is 14.3. The predicted molar refractivity (Wildman–Crippen MR) is 123 cm³/mol. The first-order chi connectivity index (χ1) is 16.5. The van der Waals surface area contributed by atoms with Gasteiger partial charge in [0.1, 0.15) is 34.0 Å². The summed E-state index contributed by atoms with van der Waals surface area (Å²) in [5.41, 5.74) is 2.91. The van der Waals surface area contributed by atoms with Crippen LogP contribution in [0.4, 0.5) is 0 Å². The van der Waals surface area contributed by atoms with E-state index in [1.807, 2.05) is 18.2 Å². The van der Waals surface area contributed by atoms with Crippen molar-refractivity contribution in [3.8, 4) is 28.6 Å². The van der Waals surface area contributed by atoms with Crippen LogP contribution in [0.2, 0.25) is 0 Å². The molecular formula is C26H16N2O6. The second-order valence-electron chi connectivity index (χ2n) is 8.07. The molecule has 0 spiro atoms. The van der Waals surface area contributed by atoms with Crippen LogP contribution < -0.4 is 10.2 Å². The molecule has 1 aliphatic heterocycles. The topological polar surface area (TPSA) is 123 Å². The van der Waals surface area contributed by atoms with Gasteiger partial charge in [0.25, 0.3) is 0 Å². The van der Waals surface area contributed by atoms with E-state index in [0.717, 1.165) is 5.56 Å². The molecule has 8 heteroatoms. The summed E-state index contributed by atoms with van der Waals surface area (Å²) in [6.07, 6.45) is 3.21. The molecule has 0 saturated heterocycles. The Morgan fingerprint density at radius 2 is 1.65 bits per heavy atom. The smallest absolute Gasteiger partial charge is 0.312 e. The van der Waals surface area contributed by atoms with Crippen molar-refractivity contribution in [2.45, 2.75) is 12.3 Å². The minimum Gasteiger partial charge on any atom is -0.508 e. The van der Waals surface area contributed by atoms with Crippen molar-refractivity contribution in [2.75, 3.05) is 0 Å². The number of hydrogen-bond donors (Lipinski definition) is 2. The Balaban J connectivity index is 1.63. The highest BCUT2D eigenvalue weighted by molar-refractivity contribution is 5.93. The number of phenols is 2. The molecule has 0 amide bonds. The number of benzene rings is 3. The number of phenolic OH excluding ortho intramolecular Hbond substituents is 2. The van der Waals surface area contributed by atoms with Crippen LogP contribution in [-0.2, 0) is 4.79 Å². The van der Waals surface area contributed by atoms with E-state index >= 15 is 0 Å². The molecule has 1 aliphatic rings. The third kappa shape index (κ3) is 3.15. The summed E-state index contributed by atoms with van der Waals surface area (Å²) in [4.78, 5) is 34.1. The number of ether oxygens (including phenoxy) is 1. The minimum atomic E-state index is -0.496. The van der Waals surface area contributed by atoms with Crippen LogP contribution in [-0.4, -0.2) is 26.2 Å². The molecule has 8 nitrogen and oxygen atoms in total. The van der Waals surface area contributed by atoms with Gasteiger partial charge < -0.3 is 19.4 Å². The summed E-state index contributed by atoms with van der Waals surface area (Å²) < 4.78 is 11.6. The van der Waals surface area contributed by atoms with Crippen LogP contribution >= 0.6 is 0 Å². The van der Waals surface area contributed by atoms with Gasteiger partial charge in [-0.1, -0.05) is 6.07 Å². The van der Waals surface area contributed by atoms with E-state index in [1.165, 1.54) is 24.3 Å². The van der Waals surface area contributed by atoms with Crippen molar-refractivity contribution >= 4 is 28.0 Å². The van der Waals surface area contributed by atoms with Crippen LogP contribution in [0, 0.1) is 0 Å². The maximum Gasteiger partial charge on any atom is 0.312 e. The summed E-state index contributed by atoms with van der Waals surface area (Å²) in [5.74, 6) is -0.829. The van der Waals surface area contributed by atoms with E-state index in [2.05, 4.69) is 9.97 Å². The molecule has 3 aromatic carbocycles. The zero-order valence-corrected chi connectivity index (χ0v) is 17.6. The van der Waals surface area contributed by atoms with Crippen LogP contribution in [0.3, 0.4) is 0 Å². The monoisotopic (exact) mass is 452 g/mol. The third-order valence-corrected chi connectivity index (χ3v) is 5.97. The van der Waals surface area contributed by atoms with Crippen molar-refractivity contribution in [1.82, 2.24) is 9.97 Å². The van der Waals surface area contributed by atoms with Gasteiger partial charge >= 0.3 is 5.97 Å². The molecule has 0 radical (unpaired) electrons. The number of nitrogens with zero attached hydrogens (tertiary/aromatic N) is 2. The molecular weight excluding hydrogens is 436 g/mol. The van der Waals surface area contributed by atoms with Crippen LogP contribution in [0.25, 0.3) is 33.3 Å². The van der Waals surface area contributed by atoms with Gasteiger partial charge in [-0.2, -0.15) is 0 Å². The first kappa shape index (κ1) is 19.9. The number of fused-ring (bicyclic) bond motifs is 4. The number of carbonyl (C=O) groups excluding carboxylic acids is 1. The molecule has 2 aromatic heterocycles. The summed E-state index contributed by atoms with van der Waals surface area (Å²) >= 11 is 0. The Hall–Kier alpha value is -4.72. The van der Waals surface area contributed by atoms with Gasteiger partial charge in [-0.3, -0.25) is 19.6 Å². The largest absolute Gasteiger partial charge is 0.508 e. The number of aromatic nitrogens is 2. The van der Waals surface area contributed by atoms with Gasteiger partial charge in [0.05, 0.1) is 17.5 Å². The Morgan fingerprint density at radius 3 is 2.44 bits per heavy atom. The molecule has 3 heterocycles. The average molecular weight is 452 g/mol. The molecule has 166 valence electrons. The number of aromatic hydroxyl groups is 2. The Labute approximate surface area is 191 Å². The first-order valence-corrected chi connectivity index (χ1v) is 10.5. The molecule has 6 rings (SSSR count). The molecule has 0 fully saturated rings.